The van der Waals surface area contributed by atoms with Gasteiger partial charge in [0.1, 0.15) is 5.82 Å². The molecule has 1 saturated heterocycles. The molecule has 0 radical (unpaired) electrons. The van der Waals surface area contributed by atoms with Crippen LogP contribution in [0.4, 0.5) is 5.82 Å². The minimum Gasteiger partial charge on any atom is -0.355 e. The first-order valence-corrected chi connectivity index (χ1v) is 8.51. The molecular weight excluding hydrogens is 260 g/mol. The maximum absolute atomic E-state index is 4.81. The van der Waals surface area contributed by atoms with Crippen molar-refractivity contribution in [3.63, 3.8) is 0 Å². The van der Waals surface area contributed by atoms with Crippen LogP contribution in [-0.4, -0.2) is 29.1 Å². The van der Waals surface area contributed by atoms with E-state index >= 15 is 0 Å². The van der Waals surface area contributed by atoms with Gasteiger partial charge in [-0.1, -0.05) is 13.8 Å². The van der Waals surface area contributed by atoms with Gasteiger partial charge in [0, 0.05) is 31.9 Å². The zero-order valence-electron chi connectivity index (χ0n) is 13.4. The molecule has 21 heavy (non-hydrogen) atoms. The smallest absolute Gasteiger partial charge is 0.147 e. The van der Waals surface area contributed by atoms with Gasteiger partial charge in [0.05, 0.1) is 11.9 Å². The van der Waals surface area contributed by atoms with Gasteiger partial charge in [-0.3, -0.25) is 4.98 Å². The Morgan fingerprint density at radius 1 is 1.19 bits per heavy atom. The van der Waals surface area contributed by atoms with Gasteiger partial charge in [-0.25, -0.2) is 4.98 Å². The Labute approximate surface area is 128 Å². The molecule has 1 aliphatic heterocycles. The first-order valence-electron chi connectivity index (χ1n) is 8.51. The van der Waals surface area contributed by atoms with Crippen molar-refractivity contribution in [2.75, 3.05) is 18.0 Å². The van der Waals surface area contributed by atoms with Crippen LogP contribution in [0.3, 0.4) is 0 Å². The van der Waals surface area contributed by atoms with Crippen LogP contribution >= 0.6 is 0 Å². The van der Waals surface area contributed by atoms with Crippen LogP contribution in [0.1, 0.15) is 51.6 Å². The van der Waals surface area contributed by atoms with E-state index in [9.17, 15) is 0 Å². The van der Waals surface area contributed by atoms with Gasteiger partial charge in [0.15, 0.2) is 0 Å². The molecule has 4 nitrogen and oxygen atoms in total. The summed E-state index contributed by atoms with van der Waals surface area (Å²) in [5, 5.41) is 3.52. The molecule has 0 bridgehead atoms. The van der Waals surface area contributed by atoms with Crippen molar-refractivity contribution >= 4 is 5.82 Å². The number of anilines is 1. The standard InChI is InChI=1S/C17H28N4/c1-13(2)14-4-3-8-21(9-7-14)17-12-18-10-16(20-17)11-19-15-5-6-15/h10,12-15,19H,3-9,11H2,1-2H3. The molecule has 1 aromatic heterocycles. The lowest BCUT2D eigenvalue weighted by Crippen LogP contribution is -2.26. The number of hydrogen-bond donors (Lipinski definition) is 1. The first kappa shape index (κ1) is 14.8. The van der Waals surface area contributed by atoms with Crippen LogP contribution in [0.15, 0.2) is 12.4 Å². The van der Waals surface area contributed by atoms with Gasteiger partial charge in [0.2, 0.25) is 0 Å². The van der Waals surface area contributed by atoms with Gasteiger partial charge in [-0.15, -0.1) is 0 Å². The fraction of sp³-hybridized carbons (Fsp3) is 0.765. The van der Waals surface area contributed by atoms with Crippen LogP contribution in [0, 0.1) is 11.8 Å². The van der Waals surface area contributed by atoms with E-state index in [1.165, 1.54) is 32.1 Å². The second kappa shape index (κ2) is 6.73. The number of nitrogens with zero attached hydrogens (tertiary/aromatic N) is 3. The van der Waals surface area contributed by atoms with Crippen LogP contribution in [-0.2, 0) is 6.54 Å². The highest BCUT2D eigenvalue weighted by atomic mass is 15.2. The Morgan fingerprint density at radius 3 is 2.81 bits per heavy atom. The molecule has 1 aliphatic carbocycles. The average Bonchev–Trinajstić information content (AvgIpc) is 3.31. The van der Waals surface area contributed by atoms with E-state index in [2.05, 4.69) is 29.0 Å². The fourth-order valence-electron chi connectivity index (χ4n) is 3.19. The van der Waals surface area contributed by atoms with E-state index in [1.807, 2.05) is 12.4 Å². The molecule has 2 heterocycles. The summed E-state index contributed by atoms with van der Waals surface area (Å²) in [4.78, 5) is 11.6. The van der Waals surface area contributed by atoms with E-state index in [0.717, 1.165) is 49.0 Å². The molecule has 1 atom stereocenters. The lowest BCUT2D eigenvalue weighted by Gasteiger charge is -2.22. The first-order chi connectivity index (χ1) is 10.2. The third-order valence-electron chi connectivity index (χ3n) is 4.86. The Morgan fingerprint density at radius 2 is 2.05 bits per heavy atom. The van der Waals surface area contributed by atoms with Crippen LogP contribution < -0.4 is 10.2 Å². The highest BCUT2D eigenvalue weighted by Crippen LogP contribution is 2.26. The predicted molar refractivity (Wildman–Crippen MR) is 86.3 cm³/mol. The van der Waals surface area contributed by atoms with Crippen molar-refractivity contribution in [2.24, 2.45) is 11.8 Å². The molecule has 0 amide bonds. The summed E-state index contributed by atoms with van der Waals surface area (Å²) in [6, 6.07) is 0.723. The summed E-state index contributed by atoms with van der Waals surface area (Å²) in [7, 11) is 0. The minimum atomic E-state index is 0.723. The fourth-order valence-corrected chi connectivity index (χ4v) is 3.19. The van der Waals surface area contributed by atoms with Gasteiger partial charge in [0.25, 0.3) is 0 Å². The Bertz CT molecular complexity index is 456. The lowest BCUT2D eigenvalue weighted by atomic mass is 9.89. The summed E-state index contributed by atoms with van der Waals surface area (Å²) in [5.41, 5.74) is 1.07. The molecule has 1 aromatic rings. The number of hydrogen-bond acceptors (Lipinski definition) is 4. The molecule has 1 unspecified atom stereocenters. The van der Waals surface area contributed by atoms with Crippen molar-refractivity contribution in [2.45, 2.75) is 58.5 Å². The van der Waals surface area contributed by atoms with Crippen molar-refractivity contribution in [3.8, 4) is 0 Å². The second-order valence-corrected chi connectivity index (χ2v) is 6.95. The largest absolute Gasteiger partial charge is 0.355 e. The molecule has 0 aromatic carbocycles. The summed E-state index contributed by atoms with van der Waals surface area (Å²) in [6.07, 6.45) is 10.4. The third-order valence-corrected chi connectivity index (χ3v) is 4.86. The van der Waals surface area contributed by atoms with Crippen LogP contribution in [0.5, 0.6) is 0 Å². The number of rotatable bonds is 5. The SMILES string of the molecule is CC(C)C1CCCN(c2cncc(CNC3CC3)n2)CC1. The number of nitrogens with one attached hydrogen (secondary N) is 1. The highest BCUT2D eigenvalue weighted by Gasteiger charge is 2.22. The highest BCUT2D eigenvalue weighted by molar-refractivity contribution is 5.36. The van der Waals surface area contributed by atoms with Gasteiger partial charge < -0.3 is 10.2 Å². The molecule has 0 spiro atoms. The molecule has 116 valence electrons. The Hall–Kier alpha value is -1.16. The van der Waals surface area contributed by atoms with Crippen LogP contribution in [0.25, 0.3) is 0 Å². The monoisotopic (exact) mass is 288 g/mol. The molecule has 1 N–H and O–H groups in total. The van der Waals surface area contributed by atoms with Crippen molar-refractivity contribution < 1.29 is 0 Å². The second-order valence-electron chi connectivity index (χ2n) is 6.95. The summed E-state index contributed by atoms with van der Waals surface area (Å²) in [5.74, 6) is 2.72. The molecule has 2 aliphatic rings. The molecule has 2 fully saturated rings. The summed E-state index contributed by atoms with van der Waals surface area (Å²) in [6.45, 7) is 7.80. The van der Waals surface area contributed by atoms with Gasteiger partial charge in [-0.05, 0) is 43.9 Å². The zero-order chi connectivity index (χ0) is 14.7. The third kappa shape index (κ3) is 4.16. The normalized spacial score (nSPS) is 23.4. The summed E-state index contributed by atoms with van der Waals surface area (Å²) < 4.78 is 0. The Balaban J connectivity index is 1.61. The van der Waals surface area contributed by atoms with E-state index < -0.39 is 0 Å². The van der Waals surface area contributed by atoms with Gasteiger partial charge in [-0.2, -0.15) is 0 Å². The number of aromatic nitrogens is 2. The quantitative estimate of drug-likeness (QED) is 0.904. The van der Waals surface area contributed by atoms with Crippen LogP contribution in [0.2, 0.25) is 0 Å². The average molecular weight is 288 g/mol. The van der Waals surface area contributed by atoms with E-state index in [4.69, 9.17) is 4.98 Å². The minimum absolute atomic E-state index is 0.723. The van der Waals surface area contributed by atoms with Gasteiger partial charge >= 0.3 is 0 Å². The maximum atomic E-state index is 4.81. The predicted octanol–water partition coefficient (Wildman–Crippen LogP) is 2.99. The van der Waals surface area contributed by atoms with E-state index in [0.29, 0.717) is 0 Å². The molecule has 1 saturated carbocycles. The van der Waals surface area contributed by atoms with Crippen molar-refractivity contribution in [1.29, 1.82) is 0 Å². The molecule has 3 rings (SSSR count). The molecular formula is C17H28N4. The maximum Gasteiger partial charge on any atom is 0.147 e. The lowest BCUT2D eigenvalue weighted by molar-refractivity contribution is 0.351. The van der Waals surface area contributed by atoms with E-state index in [-0.39, 0.29) is 0 Å². The Kier molecular flexibility index (Phi) is 4.73. The topological polar surface area (TPSA) is 41.1 Å². The molecule has 4 heteroatoms. The van der Waals surface area contributed by atoms with Crippen molar-refractivity contribution in [1.82, 2.24) is 15.3 Å². The van der Waals surface area contributed by atoms with E-state index in [1.54, 1.807) is 0 Å². The van der Waals surface area contributed by atoms with Crippen molar-refractivity contribution in [3.05, 3.63) is 18.1 Å². The summed E-state index contributed by atoms with van der Waals surface area (Å²) >= 11 is 0. The zero-order valence-corrected chi connectivity index (χ0v) is 13.4.